The van der Waals surface area contributed by atoms with Gasteiger partial charge in [-0.05, 0) is 24.6 Å². The lowest BCUT2D eigenvalue weighted by atomic mass is 10.2. The third kappa shape index (κ3) is 4.98. The van der Waals surface area contributed by atoms with E-state index in [-0.39, 0.29) is 5.91 Å². The topological polar surface area (TPSA) is 63.2 Å². The summed E-state index contributed by atoms with van der Waals surface area (Å²) in [5.74, 6) is 1.48. The first-order valence-corrected chi connectivity index (χ1v) is 7.84. The number of ether oxygens (including phenoxy) is 1. The number of carbonyl (C=O) groups is 1. The van der Waals surface area contributed by atoms with Gasteiger partial charge in [0, 0.05) is 24.8 Å². The van der Waals surface area contributed by atoms with Crippen LogP contribution in [0.25, 0.3) is 0 Å². The van der Waals surface area contributed by atoms with Gasteiger partial charge in [-0.3, -0.25) is 4.79 Å². The van der Waals surface area contributed by atoms with Crippen LogP contribution in [0.1, 0.15) is 35.7 Å². The Morgan fingerprint density at radius 1 is 1.22 bits per heavy atom. The minimum atomic E-state index is -0.0813. The number of pyridine rings is 1. The Morgan fingerprint density at radius 2 is 2.04 bits per heavy atom. The molecule has 2 aromatic rings. The van der Waals surface area contributed by atoms with Crippen LogP contribution >= 0.6 is 0 Å². The molecule has 0 radical (unpaired) electrons. The average molecular weight is 313 g/mol. The van der Waals surface area contributed by atoms with E-state index in [1.165, 1.54) is 0 Å². The van der Waals surface area contributed by atoms with Crippen LogP contribution in [0.3, 0.4) is 0 Å². The molecule has 122 valence electrons. The summed E-state index contributed by atoms with van der Waals surface area (Å²) in [7, 11) is 1.66. The van der Waals surface area contributed by atoms with Crippen molar-refractivity contribution >= 4 is 11.7 Å². The number of hydrogen-bond donors (Lipinski definition) is 2. The number of unbranched alkanes of at least 4 members (excludes halogenated alkanes) is 1. The standard InChI is InChI=1S/C18H23N3O2/c1-3-4-11-19-18(22)15-9-10-17(21-13-15)20-12-14-7-5-6-8-16(14)23-2/h5-10,13H,3-4,11-12H2,1-2H3,(H,19,22)(H,20,21). The minimum Gasteiger partial charge on any atom is -0.496 e. The molecule has 0 spiro atoms. The molecule has 0 bridgehead atoms. The smallest absolute Gasteiger partial charge is 0.252 e. The second kappa shape index (κ2) is 8.78. The molecule has 0 aliphatic carbocycles. The summed E-state index contributed by atoms with van der Waals surface area (Å²) in [5.41, 5.74) is 1.63. The third-order valence-electron chi connectivity index (χ3n) is 3.49. The largest absolute Gasteiger partial charge is 0.496 e. The zero-order valence-electron chi connectivity index (χ0n) is 13.6. The number of methoxy groups -OCH3 is 1. The molecule has 0 fully saturated rings. The van der Waals surface area contributed by atoms with Crippen molar-refractivity contribution in [3.05, 3.63) is 53.7 Å². The van der Waals surface area contributed by atoms with Crippen molar-refractivity contribution in [2.45, 2.75) is 26.3 Å². The molecule has 0 aliphatic heterocycles. The van der Waals surface area contributed by atoms with E-state index < -0.39 is 0 Å². The van der Waals surface area contributed by atoms with E-state index in [0.29, 0.717) is 18.7 Å². The molecule has 0 aliphatic rings. The second-order valence-corrected chi connectivity index (χ2v) is 5.21. The van der Waals surface area contributed by atoms with Crippen molar-refractivity contribution in [1.29, 1.82) is 0 Å². The maximum Gasteiger partial charge on any atom is 0.252 e. The summed E-state index contributed by atoms with van der Waals surface area (Å²) in [4.78, 5) is 16.2. The molecule has 0 unspecified atom stereocenters. The number of para-hydroxylation sites is 1. The Labute approximate surface area is 137 Å². The number of aromatic nitrogens is 1. The molecular weight excluding hydrogens is 290 g/mol. The Hall–Kier alpha value is -2.56. The first kappa shape index (κ1) is 16.8. The second-order valence-electron chi connectivity index (χ2n) is 5.21. The molecule has 1 aromatic heterocycles. The molecular formula is C18H23N3O2. The van der Waals surface area contributed by atoms with E-state index in [0.717, 1.165) is 30.0 Å². The summed E-state index contributed by atoms with van der Waals surface area (Å²) in [6, 6.07) is 11.4. The molecule has 1 amide bonds. The highest BCUT2D eigenvalue weighted by atomic mass is 16.5. The van der Waals surface area contributed by atoms with Crippen molar-refractivity contribution < 1.29 is 9.53 Å². The lowest BCUT2D eigenvalue weighted by Crippen LogP contribution is -2.24. The molecule has 5 heteroatoms. The number of benzene rings is 1. The van der Waals surface area contributed by atoms with E-state index in [1.807, 2.05) is 30.3 Å². The number of nitrogens with one attached hydrogen (secondary N) is 2. The Balaban J connectivity index is 1.91. The van der Waals surface area contributed by atoms with Gasteiger partial charge < -0.3 is 15.4 Å². The fraction of sp³-hybridized carbons (Fsp3) is 0.333. The van der Waals surface area contributed by atoms with Crippen LogP contribution in [0, 0.1) is 0 Å². The quantitative estimate of drug-likeness (QED) is 0.734. The maximum atomic E-state index is 11.9. The van der Waals surface area contributed by atoms with Crippen molar-refractivity contribution in [3.8, 4) is 5.75 Å². The van der Waals surface area contributed by atoms with E-state index >= 15 is 0 Å². The minimum absolute atomic E-state index is 0.0813. The highest BCUT2D eigenvalue weighted by Gasteiger charge is 2.06. The monoisotopic (exact) mass is 313 g/mol. The summed E-state index contributed by atoms with van der Waals surface area (Å²) < 4.78 is 5.32. The van der Waals surface area contributed by atoms with E-state index in [9.17, 15) is 4.79 Å². The van der Waals surface area contributed by atoms with Gasteiger partial charge in [-0.2, -0.15) is 0 Å². The Bertz CT molecular complexity index is 626. The normalized spacial score (nSPS) is 10.2. The Morgan fingerprint density at radius 3 is 2.74 bits per heavy atom. The lowest BCUT2D eigenvalue weighted by molar-refractivity contribution is 0.0953. The van der Waals surface area contributed by atoms with Gasteiger partial charge >= 0.3 is 0 Å². The van der Waals surface area contributed by atoms with E-state index in [4.69, 9.17) is 4.74 Å². The van der Waals surface area contributed by atoms with Gasteiger partial charge in [0.25, 0.3) is 5.91 Å². The molecule has 2 rings (SSSR count). The van der Waals surface area contributed by atoms with Gasteiger partial charge in [0.2, 0.25) is 0 Å². The first-order valence-electron chi connectivity index (χ1n) is 7.84. The molecule has 1 aromatic carbocycles. The van der Waals surface area contributed by atoms with Crippen molar-refractivity contribution in [2.24, 2.45) is 0 Å². The van der Waals surface area contributed by atoms with Crippen LogP contribution in [0.2, 0.25) is 0 Å². The van der Waals surface area contributed by atoms with Crippen LogP contribution in [0.15, 0.2) is 42.6 Å². The summed E-state index contributed by atoms with van der Waals surface area (Å²) in [5, 5.41) is 6.11. The predicted octanol–water partition coefficient (Wildman–Crippen LogP) is 3.23. The molecule has 23 heavy (non-hydrogen) atoms. The number of nitrogens with zero attached hydrogens (tertiary/aromatic N) is 1. The van der Waals surface area contributed by atoms with Gasteiger partial charge in [-0.1, -0.05) is 31.5 Å². The predicted molar refractivity (Wildman–Crippen MR) is 91.8 cm³/mol. The molecule has 2 N–H and O–H groups in total. The highest BCUT2D eigenvalue weighted by Crippen LogP contribution is 2.18. The van der Waals surface area contributed by atoms with Crippen LogP contribution < -0.4 is 15.4 Å². The van der Waals surface area contributed by atoms with Crippen molar-refractivity contribution in [2.75, 3.05) is 19.0 Å². The number of rotatable bonds is 8. The van der Waals surface area contributed by atoms with Gasteiger partial charge in [-0.25, -0.2) is 4.98 Å². The fourth-order valence-electron chi connectivity index (χ4n) is 2.15. The zero-order chi connectivity index (χ0) is 16.5. The molecule has 0 atom stereocenters. The van der Waals surface area contributed by atoms with Crippen LogP contribution in [-0.2, 0) is 6.54 Å². The maximum absolute atomic E-state index is 11.9. The van der Waals surface area contributed by atoms with Crippen LogP contribution in [0.5, 0.6) is 5.75 Å². The van der Waals surface area contributed by atoms with Crippen molar-refractivity contribution in [1.82, 2.24) is 10.3 Å². The molecule has 0 saturated heterocycles. The lowest BCUT2D eigenvalue weighted by Gasteiger charge is -2.10. The molecule has 1 heterocycles. The summed E-state index contributed by atoms with van der Waals surface area (Å²) in [6.45, 7) is 3.40. The summed E-state index contributed by atoms with van der Waals surface area (Å²) in [6.07, 6.45) is 3.63. The van der Waals surface area contributed by atoms with Gasteiger partial charge in [-0.15, -0.1) is 0 Å². The molecule has 5 nitrogen and oxygen atoms in total. The van der Waals surface area contributed by atoms with Gasteiger partial charge in [0.05, 0.1) is 12.7 Å². The number of anilines is 1. The average Bonchev–Trinajstić information content (AvgIpc) is 2.60. The summed E-state index contributed by atoms with van der Waals surface area (Å²) >= 11 is 0. The van der Waals surface area contributed by atoms with Gasteiger partial charge in [0.15, 0.2) is 0 Å². The molecule has 0 saturated carbocycles. The van der Waals surface area contributed by atoms with Crippen molar-refractivity contribution in [3.63, 3.8) is 0 Å². The SMILES string of the molecule is CCCCNC(=O)c1ccc(NCc2ccccc2OC)nc1. The number of carbonyl (C=O) groups excluding carboxylic acids is 1. The fourth-order valence-corrected chi connectivity index (χ4v) is 2.15. The number of hydrogen-bond acceptors (Lipinski definition) is 4. The van der Waals surface area contributed by atoms with Gasteiger partial charge in [0.1, 0.15) is 11.6 Å². The highest BCUT2D eigenvalue weighted by molar-refractivity contribution is 5.94. The van der Waals surface area contributed by atoms with E-state index in [2.05, 4.69) is 22.5 Å². The van der Waals surface area contributed by atoms with Crippen LogP contribution in [-0.4, -0.2) is 24.5 Å². The zero-order valence-corrected chi connectivity index (χ0v) is 13.6. The third-order valence-corrected chi connectivity index (χ3v) is 3.49. The van der Waals surface area contributed by atoms with Crippen LogP contribution in [0.4, 0.5) is 5.82 Å². The number of amides is 1. The van der Waals surface area contributed by atoms with E-state index in [1.54, 1.807) is 19.4 Å². The Kier molecular flexibility index (Phi) is 6.41. The first-order chi connectivity index (χ1) is 11.2.